The van der Waals surface area contributed by atoms with Crippen molar-refractivity contribution < 1.29 is 32.2 Å². The first-order chi connectivity index (χ1) is 18.9. The third-order valence-electron chi connectivity index (χ3n) is 5.26. The van der Waals surface area contributed by atoms with Crippen molar-refractivity contribution in [2.75, 3.05) is 23.8 Å². The molecule has 0 heterocycles. The highest BCUT2D eigenvalue weighted by molar-refractivity contribution is 14.1. The van der Waals surface area contributed by atoms with Crippen LogP contribution < -0.4 is 20.1 Å². The topological polar surface area (TPSA) is 100 Å². The fraction of sp³-hybridized carbons (Fsp3) is 0.179. The van der Waals surface area contributed by atoms with E-state index in [0.29, 0.717) is 19.8 Å². The lowest BCUT2D eigenvalue weighted by Gasteiger charge is -2.15. The van der Waals surface area contributed by atoms with Crippen LogP contribution in [-0.4, -0.2) is 25.0 Å². The van der Waals surface area contributed by atoms with Crippen molar-refractivity contribution in [3.05, 3.63) is 85.5 Å². The molecule has 0 saturated carbocycles. The normalized spacial score (nSPS) is 11.4. The summed E-state index contributed by atoms with van der Waals surface area (Å²) in [6, 6.07) is 14.1. The second kappa shape index (κ2) is 13.5. The van der Waals surface area contributed by atoms with E-state index in [1.165, 1.54) is 18.2 Å². The summed E-state index contributed by atoms with van der Waals surface area (Å²) < 4.78 is 50.9. The van der Waals surface area contributed by atoms with Crippen LogP contribution in [0.5, 0.6) is 11.5 Å². The predicted molar refractivity (Wildman–Crippen MR) is 154 cm³/mol. The van der Waals surface area contributed by atoms with Gasteiger partial charge in [0.15, 0.2) is 18.1 Å². The number of rotatable bonds is 9. The zero-order valence-corrected chi connectivity index (χ0v) is 24.1. The molecule has 0 aliphatic rings. The summed E-state index contributed by atoms with van der Waals surface area (Å²) in [6.45, 7) is 3.51. The van der Waals surface area contributed by atoms with Gasteiger partial charge in [-0.1, -0.05) is 23.7 Å². The van der Waals surface area contributed by atoms with Gasteiger partial charge in [-0.2, -0.15) is 18.4 Å². The lowest BCUT2D eigenvalue weighted by atomic mass is 10.1. The molecular weight excluding hydrogens is 662 g/mol. The summed E-state index contributed by atoms with van der Waals surface area (Å²) in [7, 11) is 0. The van der Waals surface area contributed by atoms with Gasteiger partial charge in [0, 0.05) is 16.4 Å². The van der Waals surface area contributed by atoms with E-state index in [1.54, 1.807) is 37.3 Å². The molecule has 3 aromatic rings. The van der Waals surface area contributed by atoms with E-state index in [2.05, 4.69) is 10.6 Å². The summed E-state index contributed by atoms with van der Waals surface area (Å²) in [4.78, 5) is 25.1. The van der Waals surface area contributed by atoms with Crippen molar-refractivity contribution in [2.24, 2.45) is 0 Å². The molecule has 0 unspecified atom stereocenters. The molecule has 0 bridgehead atoms. The van der Waals surface area contributed by atoms with Gasteiger partial charge in [0.1, 0.15) is 11.6 Å². The van der Waals surface area contributed by atoms with E-state index in [-0.39, 0.29) is 36.0 Å². The Labute approximate surface area is 247 Å². The number of ether oxygens (including phenoxy) is 2. The average Bonchev–Trinajstić information content (AvgIpc) is 2.88. The molecule has 40 heavy (non-hydrogen) atoms. The van der Waals surface area contributed by atoms with Crippen LogP contribution in [0, 0.1) is 21.8 Å². The molecule has 0 spiro atoms. The van der Waals surface area contributed by atoms with E-state index < -0.39 is 23.6 Å². The fourth-order valence-electron chi connectivity index (χ4n) is 3.37. The van der Waals surface area contributed by atoms with Crippen LogP contribution in [0.2, 0.25) is 5.02 Å². The Morgan fingerprint density at radius 2 is 1.80 bits per heavy atom. The minimum absolute atomic E-state index is 0.111. The van der Waals surface area contributed by atoms with E-state index in [9.17, 15) is 28.0 Å². The van der Waals surface area contributed by atoms with Gasteiger partial charge < -0.3 is 20.1 Å². The largest absolute Gasteiger partial charge is 0.490 e. The van der Waals surface area contributed by atoms with E-state index in [0.717, 1.165) is 23.8 Å². The number of alkyl halides is 3. The third kappa shape index (κ3) is 8.37. The number of halogens is 5. The monoisotopic (exact) mass is 683 g/mol. The van der Waals surface area contributed by atoms with E-state index >= 15 is 0 Å². The maximum absolute atomic E-state index is 13.0. The predicted octanol–water partition coefficient (Wildman–Crippen LogP) is 7.23. The molecule has 2 amide bonds. The average molecular weight is 684 g/mol. The number of amides is 2. The van der Waals surface area contributed by atoms with Gasteiger partial charge >= 0.3 is 6.18 Å². The zero-order valence-electron chi connectivity index (χ0n) is 21.2. The Kier molecular flexibility index (Phi) is 10.4. The number of benzene rings is 3. The van der Waals surface area contributed by atoms with Crippen LogP contribution in [0.1, 0.15) is 23.6 Å². The first kappa shape index (κ1) is 30.8. The fourth-order valence-corrected chi connectivity index (χ4v) is 4.33. The molecule has 0 atom stereocenters. The first-order valence-electron chi connectivity index (χ1n) is 11.7. The molecular formula is C28H22ClF3IN3O4. The maximum Gasteiger partial charge on any atom is 0.416 e. The molecule has 0 saturated heterocycles. The Bertz CT molecular complexity index is 1500. The standard InChI is InChI=1S/C28H22ClF3IN3O4/c1-3-39-24-11-17(9-18(14-34)27(38)36-20-6-4-5-19(12-20)28(30,31)32)10-23(33)26(24)40-15-25(37)35-21-8-7-16(2)22(29)13-21/h4-13H,3,15H2,1-2H3,(H,35,37)(H,36,38)/b18-9+. The number of nitriles is 1. The van der Waals surface area contributed by atoms with Crippen LogP contribution in [0.3, 0.4) is 0 Å². The van der Waals surface area contributed by atoms with Gasteiger partial charge in [0.2, 0.25) is 0 Å². The zero-order chi connectivity index (χ0) is 29.4. The van der Waals surface area contributed by atoms with Crippen LogP contribution in [0.15, 0.2) is 60.2 Å². The number of carbonyl (C=O) groups excluding carboxylic acids is 2. The summed E-state index contributed by atoms with van der Waals surface area (Å²) in [5, 5.41) is 15.1. The van der Waals surface area contributed by atoms with Crippen molar-refractivity contribution in [3.63, 3.8) is 0 Å². The molecule has 0 aliphatic carbocycles. The van der Waals surface area contributed by atoms with Crippen LogP contribution in [0.25, 0.3) is 6.08 Å². The first-order valence-corrected chi connectivity index (χ1v) is 13.1. The highest BCUT2D eigenvalue weighted by atomic mass is 127. The van der Waals surface area contributed by atoms with Crippen molar-refractivity contribution >= 4 is 63.5 Å². The van der Waals surface area contributed by atoms with Gasteiger partial charge in [-0.25, -0.2) is 0 Å². The number of nitrogens with one attached hydrogen (secondary N) is 2. The molecule has 0 fully saturated rings. The van der Waals surface area contributed by atoms with Crippen molar-refractivity contribution in [1.29, 1.82) is 5.26 Å². The Balaban J connectivity index is 1.78. The maximum atomic E-state index is 13.0. The third-order valence-corrected chi connectivity index (χ3v) is 6.47. The Hall–Kier alpha value is -3.76. The number of carbonyl (C=O) groups is 2. The summed E-state index contributed by atoms with van der Waals surface area (Å²) in [5.74, 6) is -0.769. The lowest BCUT2D eigenvalue weighted by Crippen LogP contribution is -2.20. The highest BCUT2D eigenvalue weighted by Crippen LogP contribution is 2.35. The van der Waals surface area contributed by atoms with Gasteiger partial charge in [0.05, 0.1) is 15.7 Å². The second-order valence-corrected chi connectivity index (χ2v) is 9.84. The van der Waals surface area contributed by atoms with E-state index in [4.69, 9.17) is 21.1 Å². The van der Waals surface area contributed by atoms with Gasteiger partial charge in [0.25, 0.3) is 11.8 Å². The Morgan fingerprint density at radius 3 is 2.45 bits per heavy atom. The number of nitrogens with zero attached hydrogens (tertiary/aromatic N) is 1. The van der Waals surface area contributed by atoms with Crippen molar-refractivity contribution in [2.45, 2.75) is 20.0 Å². The number of anilines is 2. The van der Waals surface area contributed by atoms with Gasteiger partial charge in [-0.05, 0) is 96.1 Å². The molecule has 3 aromatic carbocycles. The smallest absolute Gasteiger partial charge is 0.416 e. The van der Waals surface area contributed by atoms with E-state index in [1.807, 2.05) is 29.5 Å². The van der Waals surface area contributed by atoms with Crippen molar-refractivity contribution in [1.82, 2.24) is 0 Å². The number of aryl methyl sites for hydroxylation is 1. The van der Waals surface area contributed by atoms with Crippen LogP contribution in [-0.2, 0) is 15.8 Å². The molecule has 0 radical (unpaired) electrons. The SMILES string of the molecule is CCOc1cc(/C=C(\C#N)C(=O)Nc2cccc(C(F)(F)F)c2)cc(I)c1OCC(=O)Nc1ccc(C)c(Cl)c1. The lowest BCUT2D eigenvalue weighted by molar-refractivity contribution is -0.137. The summed E-state index contributed by atoms with van der Waals surface area (Å²) in [5.41, 5.74) is 0.386. The molecule has 2 N–H and O–H groups in total. The summed E-state index contributed by atoms with van der Waals surface area (Å²) >= 11 is 8.06. The molecule has 12 heteroatoms. The van der Waals surface area contributed by atoms with Crippen LogP contribution in [0.4, 0.5) is 24.5 Å². The van der Waals surface area contributed by atoms with Gasteiger partial charge in [-0.3, -0.25) is 9.59 Å². The van der Waals surface area contributed by atoms with Crippen molar-refractivity contribution in [3.8, 4) is 17.6 Å². The number of hydrogen-bond acceptors (Lipinski definition) is 5. The van der Waals surface area contributed by atoms with Gasteiger partial charge in [-0.15, -0.1) is 0 Å². The quantitative estimate of drug-likeness (QED) is 0.141. The minimum Gasteiger partial charge on any atom is -0.490 e. The minimum atomic E-state index is -4.58. The number of hydrogen-bond donors (Lipinski definition) is 2. The van der Waals surface area contributed by atoms with Crippen LogP contribution >= 0.6 is 34.2 Å². The Morgan fingerprint density at radius 1 is 1.07 bits per heavy atom. The molecule has 208 valence electrons. The molecule has 0 aliphatic heterocycles. The molecule has 3 rings (SSSR count). The molecule has 0 aromatic heterocycles. The molecule has 7 nitrogen and oxygen atoms in total. The summed E-state index contributed by atoms with van der Waals surface area (Å²) in [6.07, 6.45) is -3.31. The second-order valence-electron chi connectivity index (χ2n) is 8.27. The highest BCUT2D eigenvalue weighted by Gasteiger charge is 2.30.